The van der Waals surface area contributed by atoms with Crippen LogP contribution in [0.3, 0.4) is 0 Å². The summed E-state index contributed by atoms with van der Waals surface area (Å²) < 4.78 is 0. The molecule has 1 heterocycles. The average Bonchev–Trinajstić information content (AvgIpc) is 3.05. The standard InChI is InChI=1S/C21H32N4O6S/c1-15(26)32-12-4-2-3-5-17(27)13-16(21(31)24-9-8-22)14-18(28)23-10-11-25-19(29)6-7-20(25)30/h6-7,16H,2-5,8-14,22H2,1H3,(H,23,28)(H,24,31)/t16-/m0/s1. The van der Waals surface area contributed by atoms with E-state index in [0.29, 0.717) is 12.8 Å². The number of rotatable bonds is 16. The van der Waals surface area contributed by atoms with Crippen molar-refractivity contribution in [3.63, 3.8) is 0 Å². The maximum Gasteiger partial charge on any atom is 0.253 e. The molecule has 1 aliphatic heterocycles. The van der Waals surface area contributed by atoms with E-state index in [0.717, 1.165) is 35.6 Å². The van der Waals surface area contributed by atoms with Gasteiger partial charge < -0.3 is 16.4 Å². The zero-order valence-corrected chi connectivity index (χ0v) is 19.2. The molecule has 10 nitrogen and oxygen atoms in total. The zero-order valence-electron chi connectivity index (χ0n) is 18.4. The summed E-state index contributed by atoms with van der Waals surface area (Å²) in [4.78, 5) is 71.9. The van der Waals surface area contributed by atoms with Gasteiger partial charge in [-0.25, -0.2) is 0 Å². The maximum atomic E-state index is 12.4. The van der Waals surface area contributed by atoms with Gasteiger partial charge in [-0.05, 0) is 12.8 Å². The largest absolute Gasteiger partial charge is 0.355 e. The molecule has 178 valence electrons. The lowest BCUT2D eigenvalue weighted by Crippen LogP contribution is -2.41. The summed E-state index contributed by atoms with van der Waals surface area (Å²) in [5, 5.41) is 5.27. The molecular weight excluding hydrogens is 436 g/mol. The number of nitrogens with two attached hydrogens (primary N) is 1. The van der Waals surface area contributed by atoms with Crippen molar-refractivity contribution in [3.05, 3.63) is 12.2 Å². The van der Waals surface area contributed by atoms with E-state index in [1.165, 1.54) is 18.7 Å². The van der Waals surface area contributed by atoms with Gasteiger partial charge in [0.05, 0.1) is 5.92 Å². The Bertz CT molecular complexity index is 722. The lowest BCUT2D eigenvalue weighted by molar-refractivity contribution is -0.137. The van der Waals surface area contributed by atoms with Crippen molar-refractivity contribution in [2.45, 2.75) is 45.4 Å². The Morgan fingerprint density at radius 1 is 1.00 bits per heavy atom. The molecule has 1 aliphatic rings. The predicted molar refractivity (Wildman–Crippen MR) is 120 cm³/mol. The van der Waals surface area contributed by atoms with Crippen molar-refractivity contribution in [1.29, 1.82) is 0 Å². The van der Waals surface area contributed by atoms with Crippen molar-refractivity contribution in [2.75, 3.05) is 31.9 Å². The smallest absolute Gasteiger partial charge is 0.253 e. The maximum absolute atomic E-state index is 12.4. The summed E-state index contributed by atoms with van der Waals surface area (Å²) in [7, 11) is 0. The molecule has 4 amide bonds. The number of ketones is 1. The second-order valence-electron chi connectivity index (χ2n) is 7.39. The molecule has 0 saturated carbocycles. The summed E-state index contributed by atoms with van der Waals surface area (Å²) >= 11 is 1.26. The first-order chi connectivity index (χ1) is 15.2. The van der Waals surface area contributed by atoms with E-state index in [-0.39, 0.29) is 49.9 Å². The fourth-order valence-electron chi connectivity index (χ4n) is 3.05. The molecule has 0 fully saturated rings. The number of thioether (sulfide) groups is 1. The van der Waals surface area contributed by atoms with E-state index in [4.69, 9.17) is 5.73 Å². The van der Waals surface area contributed by atoms with Crippen molar-refractivity contribution in [3.8, 4) is 0 Å². The minimum absolute atomic E-state index is 0.0291. The average molecular weight is 469 g/mol. The van der Waals surface area contributed by atoms with Crippen LogP contribution in [0.5, 0.6) is 0 Å². The summed E-state index contributed by atoms with van der Waals surface area (Å²) in [6.07, 6.45) is 4.69. The number of nitrogens with one attached hydrogen (secondary N) is 2. The molecule has 32 heavy (non-hydrogen) atoms. The highest BCUT2D eigenvalue weighted by atomic mass is 32.2. The number of nitrogens with zero attached hydrogens (tertiary/aromatic N) is 1. The van der Waals surface area contributed by atoms with Crippen LogP contribution in [0.2, 0.25) is 0 Å². The molecule has 0 radical (unpaired) electrons. The first kappa shape index (κ1) is 27.5. The van der Waals surface area contributed by atoms with Gasteiger partial charge in [0.2, 0.25) is 11.8 Å². The molecule has 1 atom stereocenters. The summed E-state index contributed by atoms with van der Waals surface area (Å²) in [6, 6.07) is 0. The topological polar surface area (TPSA) is 156 Å². The van der Waals surface area contributed by atoms with Crippen LogP contribution in [0.25, 0.3) is 0 Å². The van der Waals surface area contributed by atoms with E-state index in [1.807, 2.05) is 0 Å². The first-order valence-corrected chi connectivity index (χ1v) is 11.7. The molecule has 0 saturated heterocycles. The molecule has 0 aromatic rings. The molecule has 1 rings (SSSR count). The fraction of sp³-hybridized carbons (Fsp3) is 0.619. The lowest BCUT2D eigenvalue weighted by atomic mass is 9.95. The number of amides is 4. The van der Waals surface area contributed by atoms with Crippen molar-refractivity contribution in [2.24, 2.45) is 11.7 Å². The van der Waals surface area contributed by atoms with Crippen LogP contribution in [0.4, 0.5) is 0 Å². The number of imide groups is 1. The number of Topliss-reactive ketones (excluding diaryl/α,β-unsaturated/α-hetero) is 1. The van der Waals surface area contributed by atoms with Crippen LogP contribution >= 0.6 is 11.8 Å². The van der Waals surface area contributed by atoms with E-state index >= 15 is 0 Å². The lowest BCUT2D eigenvalue weighted by Gasteiger charge is -2.17. The van der Waals surface area contributed by atoms with Crippen LogP contribution in [-0.2, 0) is 28.8 Å². The highest BCUT2D eigenvalue weighted by molar-refractivity contribution is 8.13. The molecule has 0 aromatic heterocycles. The number of hydrogen-bond acceptors (Lipinski definition) is 8. The van der Waals surface area contributed by atoms with Gasteiger partial charge in [0, 0.05) is 70.3 Å². The van der Waals surface area contributed by atoms with E-state index in [2.05, 4.69) is 10.6 Å². The van der Waals surface area contributed by atoms with Crippen LogP contribution < -0.4 is 16.4 Å². The van der Waals surface area contributed by atoms with Gasteiger partial charge in [0.25, 0.3) is 11.8 Å². The number of carbonyl (C=O) groups is 6. The van der Waals surface area contributed by atoms with Crippen LogP contribution in [-0.4, -0.2) is 71.4 Å². The van der Waals surface area contributed by atoms with Gasteiger partial charge in [0.1, 0.15) is 5.78 Å². The number of unbranched alkanes of at least 4 members (excludes halogenated alkanes) is 2. The van der Waals surface area contributed by atoms with Gasteiger partial charge >= 0.3 is 0 Å². The second-order valence-corrected chi connectivity index (χ2v) is 8.66. The normalized spacial score (nSPS) is 13.9. The van der Waals surface area contributed by atoms with Crippen LogP contribution in [0.15, 0.2) is 12.2 Å². The summed E-state index contributed by atoms with van der Waals surface area (Å²) in [5.74, 6) is -1.94. The third-order valence-electron chi connectivity index (χ3n) is 4.68. The van der Waals surface area contributed by atoms with Crippen LogP contribution in [0.1, 0.15) is 45.4 Å². The SMILES string of the molecule is CC(=O)SCCCCCC(=O)C[C@@H](CC(=O)NCCN1C(=O)C=CC1=O)C(=O)NCCN. The van der Waals surface area contributed by atoms with E-state index in [9.17, 15) is 28.8 Å². The minimum atomic E-state index is -0.820. The third kappa shape index (κ3) is 11.2. The van der Waals surface area contributed by atoms with Gasteiger partial charge in [-0.3, -0.25) is 33.7 Å². The van der Waals surface area contributed by atoms with Gasteiger partial charge in [-0.1, -0.05) is 18.2 Å². The van der Waals surface area contributed by atoms with Crippen molar-refractivity contribution in [1.82, 2.24) is 15.5 Å². The van der Waals surface area contributed by atoms with Crippen molar-refractivity contribution >= 4 is 46.3 Å². The monoisotopic (exact) mass is 468 g/mol. The molecule has 0 bridgehead atoms. The second kappa shape index (κ2) is 15.3. The predicted octanol–water partition coefficient (Wildman–Crippen LogP) is -0.0919. The first-order valence-electron chi connectivity index (χ1n) is 10.7. The molecule has 0 spiro atoms. The Hall–Kier alpha value is -2.53. The Morgan fingerprint density at radius 2 is 1.69 bits per heavy atom. The fourth-order valence-corrected chi connectivity index (χ4v) is 3.68. The quantitative estimate of drug-likeness (QED) is 0.210. The van der Waals surface area contributed by atoms with Gasteiger partial charge in [-0.2, -0.15) is 0 Å². The van der Waals surface area contributed by atoms with Crippen LogP contribution in [0, 0.1) is 5.92 Å². The van der Waals surface area contributed by atoms with E-state index in [1.54, 1.807) is 0 Å². The Kier molecular flexibility index (Phi) is 13.2. The third-order valence-corrected chi connectivity index (χ3v) is 5.58. The minimum Gasteiger partial charge on any atom is -0.355 e. The highest BCUT2D eigenvalue weighted by Crippen LogP contribution is 2.14. The number of carbonyl (C=O) groups excluding carboxylic acids is 6. The number of hydrogen-bond donors (Lipinski definition) is 3. The molecule has 11 heteroatoms. The summed E-state index contributed by atoms with van der Waals surface area (Å²) in [5.41, 5.74) is 5.40. The molecule has 4 N–H and O–H groups in total. The Labute approximate surface area is 192 Å². The van der Waals surface area contributed by atoms with Gasteiger partial charge in [0.15, 0.2) is 5.12 Å². The summed E-state index contributed by atoms with van der Waals surface area (Å²) in [6.45, 7) is 2.08. The molecular formula is C21H32N4O6S. The Morgan fingerprint density at radius 3 is 2.31 bits per heavy atom. The highest BCUT2D eigenvalue weighted by Gasteiger charge is 2.26. The van der Waals surface area contributed by atoms with E-state index < -0.39 is 29.5 Å². The molecule has 0 aromatic carbocycles. The van der Waals surface area contributed by atoms with Crippen molar-refractivity contribution < 1.29 is 28.8 Å². The Balaban J connectivity index is 2.43. The zero-order chi connectivity index (χ0) is 23.9. The van der Waals surface area contributed by atoms with Gasteiger partial charge in [-0.15, -0.1) is 0 Å². The molecule has 0 aliphatic carbocycles. The molecule has 0 unspecified atom stereocenters.